The molecule has 2 aromatic heterocycles. The molecule has 202 valence electrons. The first-order chi connectivity index (χ1) is 17.7. The lowest BCUT2D eigenvalue weighted by Gasteiger charge is -2.48. The number of piperazine rings is 1. The van der Waals surface area contributed by atoms with Gasteiger partial charge in [-0.25, -0.2) is 13.4 Å². The first-order valence-corrected chi connectivity index (χ1v) is 15.5. The molecule has 2 saturated carbocycles. The van der Waals surface area contributed by atoms with Gasteiger partial charge in [0.15, 0.2) is 0 Å². The molecule has 2 aliphatic carbocycles. The number of imidazole rings is 1. The summed E-state index contributed by atoms with van der Waals surface area (Å²) < 4.78 is 26.6. The standard InChI is InChI=1S/C27H39N5O4S/c1-3-20-14-21-6-5-9-27(16-20,17-21)19-28-26(34)23-7-4-8-24-29-22(18-32(23)24)15-25(33)30-10-12-31(13-11-30)37(2,35)36/h4,7-8,18,20-21H,3,5-6,9-17,19H2,1-2H3,(H,28,34). The Morgan fingerprint density at radius 1 is 1.16 bits per heavy atom. The highest BCUT2D eigenvalue weighted by molar-refractivity contribution is 7.88. The van der Waals surface area contributed by atoms with Gasteiger partial charge in [-0.2, -0.15) is 4.31 Å². The molecule has 5 rings (SSSR count). The monoisotopic (exact) mass is 529 g/mol. The molecule has 2 aromatic rings. The molecule has 0 spiro atoms. The lowest BCUT2D eigenvalue weighted by molar-refractivity contribution is -0.131. The second-order valence-corrected chi connectivity index (χ2v) is 13.4. The second-order valence-electron chi connectivity index (χ2n) is 11.5. The molecule has 3 unspecified atom stereocenters. The third kappa shape index (κ3) is 5.70. The fourth-order valence-corrected chi connectivity index (χ4v) is 7.73. The van der Waals surface area contributed by atoms with Gasteiger partial charge in [-0.15, -0.1) is 0 Å². The first kappa shape index (κ1) is 26.2. The van der Waals surface area contributed by atoms with E-state index < -0.39 is 10.0 Å². The Bertz CT molecular complexity index is 1270. The van der Waals surface area contributed by atoms with Crippen LogP contribution < -0.4 is 5.32 Å². The minimum absolute atomic E-state index is 0.0868. The van der Waals surface area contributed by atoms with Crippen LogP contribution in [0, 0.1) is 17.3 Å². The summed E-state index contributed by atoms with van der Waals surface area (Å²) in [5.74, 6) is 1.38. The summed E-state index contributed by atoms with van der Waals surface area (Å²) in [5, 5.41) is 3.25. The molecular weight excluding hydrogens is 490 g/mol. The van der Waals surface area contributed by atoms with E-state index in [4.69, 9.17) is 0 Å². The molecular formula is C27H39N5O4S. The van der Waals surface area contributed by atoms with E-state index in [2.05, 4.69) is 17.2 Å². The zero-order valence-electron chi connectivity index (χ0n) is 22.0. The van der Waals surface area contributed by atoms with Gasteiger partial charge < -0.3 is 10.2 Å². The maximum absolute atomic E-state index is 13.3. The van der Waals surface area contributed by atoms with Gasteiger partial charge in [-0.05, 0) is 55.1 Å². The molecule has 3 heterocycles. The van der Waals surface area contributed by atoms with Crippen LogP contribution in [0.15, 0.2) is 24.4 Å². The van der Waals surface area contributed by atoms with E-state index in [1.165, 1.54) is 55.5 Å². The third-order valence-corrected chi connectivity index (χ3v) is 10.1. The molecule has 3 aliphatic rings. The number of fused-ring (bicyclic) bond motifs is 3. The van der Waals surface area contributed by atoms with E-state index in [-0.39, 0.29) is 23.7 Å². The van der Waals surface area contributed by atoms with Crippen molar-refractivity contribution in [2.75, 3.05) is 39.0 Å². The Hall–Kier alpha value is -2.46. The Labute approximate surface area is 219 Å². The van der Waals surface area contributed by atoms with Crippen LogP contribution in [-0.2, 0) is 21.2 Å². The molecule has 10 heteroatoms. The number of hydrogen-bond acceptors (Lipinski definition) is 5. The van der Waals surface area contributed by atoms with Gasteiger partial charge in [0.05, 0.1) is 18.4 Å². The van der Waals surface area contributed by atoms with Crippen LogP contribution in [0.4, 0.5) is 0 Å². The zero-order chi connectivity index (χ0) is 26.2. The molecule has 2 bridgehead atoms. The average Bonchev–Trinajstić information content (AvgIpc) is 3.29. The third-order valence-electron chi connectivity index (χ3n) is 8.80. The van der Waals surface area contributed by atoms with E-state index >= 15 is 0 Å². The Morgan fingerprint density at radius 2 is 1.95 bits per heavy atom. The zero-order valence-corrected chi connectivity index (χ0v) is 22.8. The topological polar surface area (TPSA) is 104 Å². The molecule has 1 saturated heterocycles. The van der Waals surface area contributed by atoms with Gasteiger partial charge in [0.2, 0.25) is 15.9 Å². The maximum atomic E-state index is 13.3. The van der Waals surface area contributed by atoms with Gasteiger partial charge in [0, 0.05) is 38.9 Å². The van der Waals surface area contributed by atoms with Crippen molar-refractivity contribution in [2.24, 2.45) is 17.3 Å². The van der Waals surface area contributed by atoms with E-state index in [1.54, 1.807) is 21.6 Å². The summed E-state index contributed by atoms with van der Waals surface area (Å²) in [6.07, 6.45) is 11.9. The highest BCUT2D eigenvalue weighted by Gasteiger charge is 2.42. The number of aromatic nitrogens is 2. The Morgan fingerprint density at radius 3 is 2.68 bits per heavy atom. The maximum Gasteiger partial charge on any atom is 0.268 e. The predicted molar refractivity (Wildman–Crippen MR) is 142 cm³/mol. The van der Waals surface area contributed by atoms with Crippen LogP contribution in [0.2, 0.25) is 0 Å². The lowest BCUT2D eigenvalue weighted by Crippen LogP contribution is -2.50. The normalized spacial score (nSPS) is 26.8. The van der Waals surface area contributed by atoms with E-state index in [0.29, 0.717) is 49.8 Å². The van der Waals surface area contributed by atoms with Crippen molar-refractivity contribution in [3.8, 4) is 0 Å². The number of rotatable bonds is 7. The van der Waals surface area contributed by atoms with Crippen LogP contribution in [0.3, 0.4) is 0 Å². The van der Waals surface area contributed by atoms with Crippen LogP contribution in [0.5, 0.6) is 0 Å². The number of sulfonamides is 1. The van der Waals surface area contributed by atoms with Gasteiger partial charge >= 0.3 is 0 Å². The molecule has 37 heavy (non-hydrogen) atoms. The highest BCUT2D eigenvalue weighted by Crippen LogP contribution is 2.51. The summed E-state index contributed by atoms with van der Waals surface area (Å²) in [5.41, 5.74) is 1.98. The predicted octanol–water partition coefficient (Wildman–Crippen LogP) is 2.71. The van der Waals surface area contributed by atoms with Crippen molar-refractivity contribution in [1.82, 2.24) is 23.9 Å². The number of carbonyl (C=O) groups excluding carboxylic acids is 2. The molecule has 3 fully saturated rings. The number of pyridine rings is 1. The summed E-state index contributed by atoms with van der Waals surface area (Å²) in [7, 11) is -3.24. The highest BCUT2D eigenvalue weighted by atomic mass is 32.2. The molecule has 2 amide bonds. The fraction of sp³-hybridized carbons (Fsp3) is 0.667. The number of carbonyl (C=O) groups is 2. The summed E-state index contributed by atoms with van der Waals surface area (Å²) in [6, 6.07) is 5.47. The van der Waals surface area contributed by atoms with Gasteiger partial charge in [0.1, 0.15) is 11.3 Å². The van der Waals surface area contributed by atoms with Gasteiger partial charge in [-0.1, -0.05) is 32.3 Å². The van der Waals surface area contributed by atoms with Crippen LogP contribution in [0.25, 0.3) is 5.65 Å². The van der Waals surface area contributed by atoms with Crippen LogP contribution in [0.1, 0.15) is 68.1 Å². The Balaban J connectivity index is 1.24. The number of hydrogen-bond donors (Lipinski definition) is 1. The smallest absolute Gasteiger partial charge is 0.268 e. The number of amides is 2. The summed E-state index contributed by atoms with van der Waals surface area (Å²) >= 11 is 0. The van der Waals surface area contributed by atoms with Crippen molar-refractivity contribution in [3.63, 3.8) is 0 Å². The molecule has 0 aromatic carbocycles. The van der Waals surface area contributed by atoms with Gasteiger partial charge in [0.25, 0.3) is 5.91 Å². The minimum Gasteiger partial charge on any atom is -0.350 e. The van der Waals surface area contributed by atoms with Gasteiger partial charge in [-0.3, -0.25) is 14.0 Å². The van der Waals surface area contributed by atoms with Crippen LogP contribution in [-0.4, -0.2) is 77.8 Å². The summed E-state index contributed by atoms with van der Waals surface area (Å²) in [6.45, 7) is 4.36. The second kappa shape index (κ2) is 10.4. The van der Waals surface area contributed by atoms with E-state index in [9.17, 15) is 18.0 Å². The Kier molecular flexibility index (Phi) is 7.33. The van der Waals surface area contributed by atoms with Crippen molar-refractivity contribution in [2.45, 2.75) is 58.3 Å². The van der Waals surface area contributed by atoms with E-state index in [1.807, 2.05) is 12.1 Å². The number of nitrogens with one attached hydrogen (secondary N) is 1. The van der Waals surface area contributed by atoms with E-state index in [0.717, 1.165) is 11.8 Å². The van der Waals surface area contributed by atoms with Crippen molar-refractivity contribution < 1.29 is 18.0 Å². The first-order valence-electron chi connectivity index (χ1n) is 13.6. The quantitative estimate of drug-likeness (QED) is 0.594. The van der Waals surface area contributed by atoms with Crippen molar-refractivity contribution in [1.29, 1.82) is 0 Å². The van der Waals surface area contributed by atoms with Crippen molar-refractivity contribution in [3.05, 3.63) is 35.8 Å². The lowest BCUT2D eigenvalue weighted by atomic mass is 9.58. The SMILES string of the molecule is CCC1CC2CCCC(CNC(=O)c3cccc4nc(CC(=O)N5CCN(S(C)(=O)=O)CC5)cn34)(C1)C2. The summed E-state index contributed by atoms with van der Waals surface area (Å²) in [4.78, 5) is 32.5. The molecule has 1 aliphatic heterocycles. The molecule has 1 N–H and O–H groups in total. The van der Waals surface area contributed by atoms with Crippen LogP contribution >= 0.6 is 0 Å². The molecule has 9 nitrogen and oxygen atoms in total. The fourth-order valence-electron chi connectivity index (χ4n) is 6.91. The number of nitrogens with zero attached hydrogens (tertiary/aromatic N) is 4. The molecule has 3 atom stereocenters. The minimum atomic E-state index is -3.24. The average molecular weight is 530 g/mol. The largest absolute Gasteiger partial charge is 0.350 e. The van der Waals surface area contributed by atoms with Crippen molar-refractivity contribution >= 4 is 27.5 Å². The molecule has 0 radical (unpaired) electrons.